The van der Waals surface area contributed by atoms with Crippen molar-refractivity contribution in [2.45, 2.75) is 6.92 Å². The monoisotopic (exact) mass is 202 g/mol. The van der Waals surface area contributed by atoms with Crippen LogP contribution in [-0.2, 0) is 0 Å². The largest absolute Gasteiger partial charge is 0.307 e. The van der Waals surface area contributed by atoms with Crippen molar-refractivity contribution < 1.29 is 0 Å². The number of aromatic nitrogens is 4. The standard InChI is InChI=1S/C9H10N6/c1-6-11-3-2-7(14-6)8-9(15-10)13-5-4-12-8/h2-5H,10H2,1H3,(H,13,15). The van der Waals surface area contributed by atoms with E-state index in [1.165, 1.54) is 0 Å². The lowest BCUT2D eigenvalue weighted by atomic mass is 10.3. The molecule has 0 atom stereocenters. The van der Waals surface area contributed by atoms with Crippen LogP contribution in [0.3, 0.4) is 0 Å². The normalized spacial score (nSPS) is 10.0. The Bertz CT molecular complexity index is 470. The minimum Gasteiger partial charge on any atom is -0.307 e. The number of hydrazine groups is 1. The molecule has 2 heterocycles. The predicted molar refractivity (Wildman–Crippen MR) is 55.6 cm³/mol. The lowest BCUT2D eigenvalue weighted by Gasteiger charge is -2.05. The summed E-state index contributed by atoms with van der Waals surface area (Å²) in [5.74, 6) is 6.51. The average molecular weight is 202 g/mol. The number of hydrogen-bond acceptors (Lipinski definition) is 6. The zero-order chi connectivity index (χ0) is 10.7. The fraction of sp³-hybridized carbons (Fsp3) is 0.111. The maximum atomic E-state index is 5.33. The molecular formula is C9H10N6. The topological polar surface area (TPSA) is 89.6 Å². The third-order valence-electron chi connectivity index (χ3n) is 1.85. The SMILES string of the molecule is Cc1nccc(-c2nccnc2NN)n1. The molecule has 0 amide bonds. The second-order valence-corrected chi connectivity index (χ2v) is 2.89. The Hall–Kier alpha value is -2.08. The van der Waals surface area contributed by atoms with Gasteiger partial charge in [-0.2, -0.15) is 0 Å². The van der Waals surface area contributed by atoms with Crippen LogP contribution in [-0.4, -0.2) is 19.9 Å². The first kappa shape index (κ1) is 9.47. The summed E-state index contributed by atoms with van der Waals surface area (Å²) >= 11 is 0. The summed E-state index contributed by atoms with van der Waals surface area (Å²) in [5, 5.41) is 0. The summed E-state index contributed by atoms with van der Waals surface area (Å²) in [6.45, 7) is 1.81. The van der Waals surface area contributed by atoms with Gasteiger partial charge < -0.3 is 5.43 Å². The van der Waals surface area contributed by atoms with Crippen LogP contribution in [0, 0.1) is 6.92 Å². The molecule has 0 spiro atoms. The van der Waals surface area contributed by atoms with Gasteiger partial charge in [0.2, 0.25) is 0 Å². The molecule has 15 heavy (non-hydrogen) atoms. The van der Waals surface area contributed by atoms with Crippen LogP contribution in [0.25, 0.3) is 11.4 Å². The molecule has 0 aliphatic heterocycles. The first-order valence-corrected chi connectivity index (χ1v) is 4.39. The van der Waals surface area contributed by atoms with Gasteiger partial charge in [0.15, 0.2) is 5.82 Å². The zero-order valence-electron chi connectivity index (χ0n) is 8.18. The lowest BCUT2D eigenvalue weighted by molar-refractivity contribution is 1.04. The third kappa shape index (κ3) is 1.89. The van der Waals surface area contributed by atoms with E-state index in [0.29, 0.717) is 23.0 Å². The predicted octanol–water partition coefficient (Wildman–Crippen LogP) is 0.528. The van der Waals surface area contributed by atoms with Gasteiger partial charge in [-0.15, -0.1) is 0 Å². The Morgan fingerprint density at radius 2 is 1.93 bits per heavy atom. The highest BCUT2D eigenvalue weighted by atomic mass is 15.3. The van der Waals surface area contributed by atoms with Gasteiger partial charge in [-0.05, 0) is 13.0 Å². The van der Waals surface area contributed by atoms with Crippen molar-refractivity contribution >= 4 is 5.82 Å². The van der Waals surface area contributed by atoms with E-state index in [-0.39, 0.29) is 0 Å². The highest BCUT2D eigenvalue weighted by molar-refractivity contribution is 5.67. The Labute approximate surface area is 86.6 Å². The molecule has 2 aromatic rings. The fourth-order valence-electron chi connectivity index (χ4n) is 1.22. The maximum Gasteiger partial charge on any atom is 0.168 e. The van der Waals surface area contributed by atoms with Gasteiger partial charge in [-0.3, -0.25) is 0 Å². The maximum absolute atomic E-state index is 5.33. The van der Waals surface area contributed by atoms with Crippen molar-refractivity contribution in [3.05, 3.63) is 30.5 Å². The highest BCUT2D eigenvalue weighted by Crippen LogP contribution is 2.19. The van der Waals surface area contributed by atoms with Crippen molar-refractivity contribution in [3.63, 3.8) is 0 Å². The number of rotatable bonds is 2. The van der Waals surface area contributed by atoms with Crippen LogP contribution in [0.4, 0.5) is 5.82 Å². The molecule has 0 aliphatic carbocycles. The first-order chi connectivity index (χ1) is 7.31. The van der Waals surface area contributed by atoms with Gasteiger partial charge in [0.25, 0.3) is 0 Å². The van der Waals surface area contributed by atoms with E-state index in [2.05, 4.69) is 25.4 Å². The van der Waals surface area contributed by atoms with Crippen LogP contribution in [0.15, 0.2) is 24.7 Å². The van der Waals surface area contributed by atoms with Crippen LogP contribution in [0.1, 0.15) is 5.82 Å². The van der Waals surface area contributed by atoms with Gasteiger partial charge in [0.1, 0.15) is 11.5 Å². The number of nitrogens with two attached hydrogens (primary N) is 1. The molecule has 0 aromatic carbocycles. The molecule has 0 unspecified atom stereocenters. The van der Waals surface area contributed by atoms with E-state index in [0.717, 1.165) is 0 Å². The Balaban J connectivity index is 2.53. The smallest absolute Gasteiger partial charge is 0.168 e. The number of nitrogens with one attached hydrogen (secondary N) is 1. The van der Waals surface area contributed by atoms with Crippen molar-refractivity contribution in [2.24, 2.45) is 5.84 Å². The molecule has 0 fully saturated rings. The molecule has 0 aliphatic rings. The second kappa shape index (κ2) is 3.97. The van der Waals surface area contributed by atoms with E-state index >= 15 is 0 Å². The summed E-state index contributed by atoms with van der Waals surface area (Å²) in [7, 11) is 0. The quantitative estimate of drug-likeness (QED) is 0.545. The second-order valence-electron chi connectivity index (χ2n) is 2.89. The summed E-state index contributed by atoms with van der Waals surface area (Å²) in [6.07, 6.45) is 4.83. The first-order valence-electron chi connectivity index (χ1n) is 4.39. The van der Waals surface area contributed by atoms with Crippen LogP contribution in [0.5, 0.6) is 0 Å². The molecule has 0 saturated carbocycles. The molecule has 0 bridgehead atoms. The molecule has 3 N–H and O–H groups in total. The molecule has 2 rings (SSSR count). The molecule has 6 nitrogen and oxygen atoms in total. The Morgan fingerprint density at radius 3 is 2.67 bits per heavy atom. The summed E-state index contributed by atoms with van der Waals surface area (Å²) < 4.78 is 0. The number of hydrogen-bond donors (Lipinski definition) is 2. The molecule has 2 aromatic heterocycles. The summed E-state index contributed by atoms with van der Waals surface area (Å²) in [6, 6.07) is 1.76. The minimum absolute atomic E-state index is 0.496. The minimum atomic E-state index is 0.496. The van der Waals surface area contributed by atoms with Gasteiger partial charge >= 0.3 is 0 Å². The summed E-state index contributed by atoms with van der Waals surface area (Å²) in [5.41, 5.74) is 3.79. The summed E-state index contributed by atoms with van der Waals surface area (Å²) in [4.78, 5) is 16.5. The third-order valence-corrected chi connectivity index (χ3v) is 1.85. The highest BCUT2D eigenvalue weighted by Gasteiger charge is 2.07. The number of anilines is 1. The van der Waals surface area contributed by atoms with Crippen molar-refractivity contribution in [2.75, 3.05) is 5.43 Å². The zero-order valence-corrected chi connectivity index (χ0v) is 8.18. The van der Waals surface area contributed by atoms with Crippen LogP contribution < -0.4 is 11.3 Å². The van der Waals surface area contributed by atoms with E-state index in [4.69, 9.17) is 5.84 Å². The average Bonchev–Trinajstić information content (AvgIpc) is 2.29. The number of aryl methyl sites for hydroxylation is 1. The van der Waals surface area contributed by atoms with Gasteiger partial charge in [-0.25, -0.2) is 25.8 Å². The molecule has 0 saturated heterocycles. The van der Waals surface area contributed by atoms with Crippen molar-refractivity contribution in [1.29, 1.82) is 0 Å². The molecule has 76 valence electrons. The molecular weight excluding hydrogens is 192 g/mol. The van der Waals surface area contributed by atoms with E-state index in [9.17, 15) is 0 Å². The van der Waals surface area contributed by atoms with Gasteiger partial charge in [0, 0.05) is 18.6 Å². The van der Waals surface area contributed by atoms with Crippen LogP contribution >= 0.6 is 0 Å². The Morgan fingerprint density at radius 1 is 1.13 bits per heavy atom. The van der Waals surface area contributed by atoms with Crippen molar-refractivity contribution in [3.8, 4) is 11.4 Å². The van der Waals surface area contributed by atoms with E-state index in [1.54, 1.807) is 24.7 Å². The lowest BCUT2D eigenvalue weighted by Crippen LogP contribution is -2.10. The fourth-order valence-corrected chi connectivity index (χ4v) is 1.22. The number of nitrogens with zero attached hydrogens (tertiary/aromatic N) is 4. The van der Waals surface area contributed by atoms with Gasteiger partial charge in [0.05, 0.1) is 5.69 Å². The van der Waals surface area contributed by atoms with Crippen molar-refractivity contribution in [1.82, 2.24) is 19.9 Å². The molecule has 0 radical (unpaired) electrons. The van der Waals surface area contributed by atoms with E-state index < -0.39 is 0 Å². The Kier molecular flexibility index (Phi) is 2.51. The van der Waals surface area contributed by atoms with Crippen LogP contribution in [0.2, 0.25) is 0 Å². The van der Waals surface area contributed by atoms with E-state index in [1.807, 2.05) is 6.92 Å². The molecule has 6 heteroatoms. The van der Waals surface area contributed by atoms with Gasteiger partial charge in [-0.1, -0.05) is 0 Å². The number of nitrogen functional groups attached to an aromatic ring is 1.